The van der Waals surface area contributed by atoms with Crippen LogP contribution in [-0.4, -0.2) is 34.3 Å². The van der Waals surface area contributed by atoms with Crippen molar-refractivity contribution in [3.05, 3.63) is 88.5 Å². The second kappa shape index (κ2) is 10.7. The molecule has 12 heteroatoms. The van der Waals surface area contributed by atoms with E-state index < -0.39 is 17.7 Å². The number of nitrogens with zero attached hydrogens (tertiary/aromatic N) is 5. The summed E-state index contributed by atoms with van der Waals surface area (Å²) in [5.41, 5.74) is -0.656. The number of allylic oxidation sites excluding steroid dienone is 2. The Bertz CT molecular complexity index is 1660. The molecule has 2 heterocycles. The third-order valence-corrected chi connectivity index (χ3v) is 7.00. The van der Waals surface area contributed by atoms with Crippen molar-refractivity contribution in [2.24, 2.45) is 17.3 Å². The molecule has 0 radical (unpaired) electrons. The lowest BCUT2D eigenvalue weighted by Gasteiger charge is -2.23. The molecule has 1 aliphatic heterocycles. The van der Waals surface area contributed by atoms with Crippen LogP contribution in [0.1, 0.15) is 28.8 Å². The summed E-state index contributed by atoms with van der Waals surface area (Å²) in [4.78, 5) is 27.5. The lowest BCUT2D eigenvalue weighted by molar-refractivity contribution is -0.166. The highest BCUT2D eigenvalue weighted by Gasteiger charge is 2.65. The average molecular weight is 579 g/mol. The van der Waals surface area contributed by atoms with Gasteiger partial charge in [0.2, 0.25) is 0 Å². The smallest absolute Gasteiger partial charge is 0.307 e. The molecule has 0 saturated heterocycles. The van der Waals surface area contributed by atoms with Crippen molar-refractivity contribution < 1.29 is 22.8 Å². The molecular formula is C29H22ClF3N6O2. The van der Waals surface area contributed by atoms with E-state index in [1.807, 2.05) is 0 Å². The van der Waals surface area contributed by atoms with E-state index in [9.17, 15) is 22.8 Å². The minimum atomic E-state index is -4.70. The van der Waals surface area contributed by atoms with E-state index in [2.05, 4.69) is 26.6 Å². The van der Waals surface area contributed by atoms with Gasteiger partial charge in [-0.15, -0.1) is 16.7 Å². The van der Waals surface area contributed by atoms with Crippen LogP contribution in [0.5, 0.6) is 0 Å². The van der Waals surface area contributed by atoms with Crippen LogP contribution in [-0.2, 0) is 17.5 Å². The molecule has 2 aromatic carbocycles. The molecule has 2 amide bonds. The number of hydrogen-bond donors (Lipinski definition) is 1. The Hall–Kier alpha value is -4.69. The summed E-state index contributed by atoms with van der Waals surface area (Å²) in [6, 6.07) is 13.7. The summed E-state index contributed by atoms with van der Waals surface area (Å²) >= 11 is 6.25. The number of rotatable bonds is 7. The average Bonchev–Trinajstić information content (AvgIpc) is 3.71. The zero-order valence-electron chi connectivity index (χ0n) is 21.6. The molecule has 0 saturated carbocycles. The molecule has 1 aromatic heterocycles. The number of aryl methyl sites for hydroxylation is 1. The normalized spacial score (nSPS) is 15.4. The lowest BCUT2D eigenvalue weighted by Crippen LogP contribution is -2.33. The summed E-state index contributed by atoms with van der Waals surface area (Å²) in [6.45, 7) is 0.0485. The van der Waals surface area contributed by atoms with Crippen LogP contribution in [0, 0.1) is 12.3 Å². The number of carbonyl (C=O) groups excluding carboxylic acids is 2. The summed E-state index contributed by atoms with van der Waals surface area (Å²) in [7, 11) is 1.62. The highest BCUT2D eigenvalue weighted by atomic mass is 35.5. The van der Waals surface area contributed by atoms with Gasteiger partial charge >= 0.3 is 11.8 Å². The van der Waals surface area contributed by atoms with E-state index in [0.29, 0.717) is 39.8 Å². The Morgan fingerprint density at radius 1 is 1.12 bits per heavy atom. The maximum atomic E-state index is 13.4. The summed E-state index contributed by atoms with van der Waals surface area (Å²) in [6.07, 6.45) is 5.91. The first kappa shape index (κ1) is 27.9. The predicted molar refractivity (Wildman–Crippen MR) is 148 cm³/mol. The monoisotopic (exact) mass is 578 g/mol. The van der Waals surface area contributed by atoms with E-state index in [1.54, 1.807) is 49.5 Å². The second-order valence-electron chi connectivity index (χ2n) is 9.33. The quantitative estimate of drug-likeness (QED) is 0.332. The number of hydrogen-bond acceptors (Lipinski definition) is 5. The largest absolute Gasteiger partial charge is 0.442 e. The van der Waals surface area contributed by atoms with Gasteiger partial charge in [-0.3, -0.25) is 19.2 Å². The molecule has 0 bridgehead atoms. The Balaban J connectivity index is 1.33. The molecule has 3 aromatic rings. The predicted octanol–water partition coefficient (Wildman–Crippen LogP) is 6.33. The van der Waals surface area contributed by atoms with Crippen molar-refractivity contribution in [2.75, 3.05) is 16.8 Å². The molecule has 0 spiro atoms. The lowest BCUT2D eigenvalue weighted by atomic mass is 10.00. The van der Waals surface area contributed by atoms with Gasteiger partial charge in [0.05, 0.1) is 17.8 Å². The first-order valence-electron chi connectivity index (χ1n) is 12.4. The number of alkyl halides is 3. The zero-order valence-corrected chi connectivity index (χ0v) is 22.4. The Morgan fingerprint density at radius 2 is 1.83 bits per heavy atom. The van der Waals surface area contributed by atoms with Crippen molar-refractivity contribution in [3.63, 3.8) is 0 Å². The van der Waals surface area contributed by atoms with E-state index in [0.717, 1.165) is 12.5 Å². The minimum Gasteiger partial charge on any atom is -0.307 e. The number of halogens is 4. The first-order chi connectivity index (χ1) is 19.5. The highest BCUT2D eigenvalue weighted by Crippen LogP contribution is 2.52. The Kier molecular flexibility index (Phi) is 7.28. The van der Waals surface area contributed by atoms with Crippen LogP contribution < -0.4 is 10.2 Å². The van der Waals surface area contributed by atoms with E-state index in [-0.39, 0.29) is 23.6 Å². The minimum absolute atomic E-state index is 0.0110. The number of amides is 2. The standard InChI is InChI=1S/C29H22ClF3N6O2/c1-3-15-39(27(41)22-9-4-5-10-23(22)30)21-13-11-18(12-14-21)24-17-25(38(2)35-24)34-26(40)19-7-6-8-20(16-19)28(36-37-28)29(31,32)33/h1,6-14,16-17H,4-5,15H2,2H3,(H,34,40). The van der Waals surface area contributed by atoms with Gasteiger partial charge in [-0.2, -0.15) is 18.3 Å². The number of anilines is 2. The number of benzene rings is 2. The summed E-state index contributed by atoms with van der Waals surface area (Å²) in [5, 5.41) is 13.9. The fourth-order valence-electron chi connectivity index (χ4n) is 4.40. The van der Waals surface area contributed by atoms with Gasteiger partial charge in [0.1, 0.15) is 5.82 Å². The van der Waals surface area contributed by atoms with Crippen LogP contribution in [0.4, 0.5) is 24.7 Å². The third-order valence-electron chi connectivity index (χ3n) is 6.64. The molecule has 5 rings (SSSR count). The summed E-state index contributed by atoms with van der Waals surface area (Å²) < 4.78 is 41.6. The molecule has 2 aliphatic rings. The molecule has 1 N–H and O–H groups in total. The van der Waals surface area contributed by atoms with Crippen molar-refractivity contribution in [3.8, 4) is 23.6 Å². The Morgan fingerprint density at radius 3 is 2.46 bits per heavy atom. The van der Waals surface area contributed by atoms with Crippen LogP contribution >= 0.6 is 11.6 Å². The fourth-order valence-corrected chi connectivity index (χ4v) is 4.66. The van der Waals surface area contributed by atoms with Gasteiger partial charge in [-0.25, -0.2) is 0 Å². The molecule has 0 unspecified atom stereocenters. The molecule has 0 atom stereocenters. The van der Waals surface area contributed by atoms with Gasteiger partial charge in [-0.1, -0.05) is 53.9 Å². The fraction of sp³-hybridized carbons (Fsp3) is 0.207. The molecule has 208 valence electrons. The molecular weight excluding hydrogens is 557 g/mol. The summed E-state index contributed by atoms with van der Waals surface area (Å²) in [5.74, 6) is 1.91. The van der Waals surface area contributed by atoms with E-state index in [4.69, 9.17) is 18.0 Å². The second-order valence-corrected chi connectivity index (χ2v) is 9.74. The van der Waals surface area contributed by atoms with Crippen LogP contribution in [0.3, 0.4) is 0 Å². The van der Waals surface area contributed by atoms with Crippen LogP contribution in [0.2, 0.25) is 0 Å². The van der Waals surface area contributed by atoms with Gasteiger partial charge < -0.3 is 5.32 Å². The maximum Gasteiger partial charge on any atom is 0.442 e. The molecule has 1 aliphatic carbocycles. The zero-order chi connectivity index (χ0) is 29.4. The molecule has 0 fully saturated rings. The van der Waals surface area contributed by atoms with Crippen molar-refractivity contribution in [1.82, 2.24) is 9.78 Å². The number of aromatic nitrogens is 2. The van der Waals surface area contributed by atoms with Gasteiger partial charge in [-0.05, 0) is 37.1 Å². The van der Waals surface area contributed by atoms with Gasteiger partial charge in [0.25, 0.3) is 11.8 Å². The highest BCUT2D eigenvalue weighted by molar-refractivity contribution is 6.36. The van der Waals surface area contributed by atoms with Crippen molar-refractivity contribution in [1.29, 1.82) is 0 Å². The first-order valence-corrected chi connectivity index (χ1v) is 12.8. The van der Waals surface area contributed by atoms with Gasteiger partial charge in [0, 0.05) is 40.5 Å². The van der Waals surface area contributed by atoms with Crippen LogP contribution in [0.15, 0.2) is 87.6 Å². The van der Waals surface area contributed by atoms with Crippen molar-refractivity contribution >= 4 is 34.9 Å². The van der Waals surface area contributed by atoms with Crippen molar-refractivity contribution in [2.45, 2.75) is 24.7 Å². The van der Waals surface area contributed by atoms with E-state index >= 15 is 0 Å². The number of carbonyl (C=O) groups is 2. The number of nitrogens with one attached hydrogen (secondary N) is 1. The van der Waals surface area contributed by atoms with E-state index in [1.165, 1.54) is 27.8 Å². The third kappa shape index (κ3) is 5.38. The molecule has 41 heavy (non-hydrogen) atoms. The number of terminal acetylenes is 1. The SMILES string of the molecule is C#CCN(C(=O)C1=CCCC=C1Cl)c1ccc(-c2cc(NC(=O)c3cccc(C4(C(F)(F)F)N=N4)c3)n(C)n2)cc1. The molecule has 8 nitrogen and oxygen atoms in total. The van der Waals surface area contributed by atoms with Gasteiger partial charge in [0.15, 0.2) is 0 Å². The Labute approximate surface area is 238 Å². The maximum absolute atomic E-state index is 13.4. The topological polar surface area (TPSA) is 92.0 Å². The van der Waals surface area contributed by atoms with Crippen LogP contribution in [0.25, 0.3) is 11.3 Å².